The number of para-hydroxylation sites is 2. The Balaban J connectivity index is 2.00. The van der Waals surface area contributed by atoms with E-state index < -0.39 is 24.1 Å². The standard InChI is InChI=1S/C17H22N2O6/c1-11(16(21)18-8-9-23-3)24-17(22)15-10-19(12(2)20)13-6-4-5-7-14(13)25-15/h4-7,11,15H,8-10H2,1-3H3,(H,18,21)/t11-,15-/m1/s1. The van der Waals surface area contributed by atoms with E-state index in [1.807, 2.05) is 0 Å². The van der Waals surface area contributed by atoms with Crippen molar-refractivity contribution in [1.29, 1.82) is 0 Å². The lowest BCUT2D eigenvalue weighted by Crippen LogP contribution is -2.48. The van der Waals surface area contributed by atoms with Crippen LogP contribution >= 0.6 is 0 Å². The third-order valence-electron chi connectivity index (χ3n) is 3.68. The van der Waals surface area contributed by atoms with Gasteiger partial charge in [-0.2, -0.15) is 0 Å². The maximum Gasteiger partial charge on any atom is 0.350 e. The van der Waals surface area contributed by atoms with Crippen molar-refractivity contribution in [3.05, 3.63) is 24.3 Å². The lowest BCUT2D eigenvalue weighted by Gasteiger charge is -2.33. The quantitative estimate of drug-likeness (QED) is 0.593. The Kier molecular flexibility index (Phi) is 6.35. The molecule has 1 aliphatic rings. The van der Waals surface area contributed by atoms with Crippen LogP contribution in [0, 0.1) is 0 Å². The molecule has 0 radical (unpaired) electrons. The predicted molar refractivity (Wildman–Crippen MR) is 89.3 cm³/mol. The molecule has 2 rings (SSSR count). The summed E-state index contributed by atoms with van der Waals surface area (Å²) in [6.07, 6.45) is -1.97. The average molecular weight is 350 g/mol. The summed E-state index contributed by atoms with van der Waals surface area (Å²) in [6, 6.07) is 6.94. The first-order chi connectivity index (χ1) is 11.9. The van der Waals surface area contributed by atoms with Crippen molar-refractivity contribution < 1.29 is 28.6 Å². The molecule has 0 aromatic heterocycles. The minimum atomic E-state index is -0.993. The van der Waals surface area contributed by atoms with Gasteiger partial charge in [0.2, 0.25) is 12.0 Å². The lowest BCUT2D eigenvalue weighted by atomic mass is 10.2. The van der Waals surface area contributed by atoms with Crippen LogP contribution in [0.25, 0.3) is 0 Å². The lowest BCUT2D eigenvalue weighted by molar-refractivity contribution is -0.161. The van der Waals surface area contributed by atoms with Gasteiger partial charge in [0.05, 0.1) is 18.8 Å². The minimum absolute atomic E-state index is 0.0309. The number of hydrogen-bond acceptors (Lipinski definition) is 6. The van der Waals surface area contributed by atoms with Gasteiger partial charge < -0.3 is 24.4 Å². The van der Waals surface area contributed by atoms with Crippen molar-refractivity contribution in [3.63, 3.8) is 0 Å². The van der Waals surface area contributed by atoms with Crippen LogP contribution in [0.5, 0.6) is 5.75 Å². The summed E-state index contributed by atoms with van der Waals surface area (Å²) < 4.78 is 15.6. The van der Waals surface area contributed by atoms with Crippen LogP contribution in [0.4, 0.5) is 5.69 Å². The second kappa shape index (κ2) is 8.48. The molecule has 2 atom stereocenters. The van der Waals surface area contributed by atoms with Crippen LogP contribution in [0.15, 0.2) is 24.3 Å². The van der Waals surface area contributed by atoms with Crippen LogP contribution < -0.4 is 15.0 Å². The Labute approximate surface area is 146 Å². The van der Waals surface area contributed by atoms with Gasteiger partial charge in [-0.05, 0) is 19.1 Å². The first kappa shape index (κ1) is 18.7. The summed E-state index contributed by atoms with van der Waals surface area (Å²) in [5.74, 6) is -0.915. The van der Waals surface area contributed by atoms with E-state index in [-0.39, 0.29) is 12.5 Å². The number of fused-ring (bicyclic) bond motifs is 1. The summed E-state index contributed by atoms with van der Waals surface area (Å²) in [5, 5.41) is 2.59. The molecule has 8 nitrogen and oxygen atoms in total. The minimum Gasteiger partial charge on any atom is -0.475 e. The van der Waals surface area contributed by atoms with Crippen molar-refractivity contribution in [2.45, 2.75) is 26.1 Å². The summed E-state index contributed by atoms with van der Waals surface area (Å²) in [7, 11) is 1.52. The molecular formula is C17H22N2O6. The number of anilines is 1. The molecule has 25 heavy (non-hydrogen) atoms. The Morgan fingerprint density at radius 3 is 2.76 bits per heavy atom. The first-order valence-electron chi connectivity index (χ1n) is 7.95. The molecule has 0 unspecified atom stereocenters. The Bertz CT molecular complexity index is 648. The number of ether oxygens (including phenoxy) is 3. The van der Waals surface area contributed by atoms with Gasteiger partial charge >= 0.3 is 5.97 Å². The fourth-order valence-corrected chi connectivity index (χ4v) is 2.38. The predicted octanol–water partition coefficient (Wildman–Crippen LogP) is 0.495. The van der Waals surface area contributed by atoms with E-state index in [0.717, 1.165) is 0 Å². The summed E-state index contributed by atoms with van der Waals surface area (Å²) >= 11 is 0. The van der Waals surface area contributed by atoms with E-state index in [1.165, 1.54) is 25.9 Å². The van der Waals surface area contributed by atoms with Gasteiger partial charge in [-0.1, -0.05) is 12.1 Å². The molecule has 1 heterocycles. The second-order valence-electron chi connectivity index (χ2n) is 5.57. The van der Waals surface area contributed by atoms with E-state index in [9.17, 15) is 14.4 Å². The van der Waals surface area contributed by atoms with E-state index in [0.29, 0.717) is 24.6 Å². The number of carbonyl (C=O) groups is 3. The molecule has 0 saturated carbocycles. The van der Waals surface area contributed by atoms with Crippen LogP contribution in [-0.2, 0) is 23.9 Å². The Morgan fingerprint density at radius 2 is 2.08 bits per heavy atom. The maximum atomic E-state index is 12.3. The number of benzene rings is 1. The molecule has 0 bridgehead atoms. The number of nitrogens with zero attached hydrogens (tertiary/aromatic N) is 1. The van der Waals surface area contributed by atoms with Gasteiger partial charge in [0.15, 0.2) is 6.10 Å². The molecule has 1 N–H and O–H groups in total. The van der Waals surface area contributed by atoms with Gasteiger partial charge in [-0.3, -0.25) is 9.59 Å². The third kappa shape index (κ3) is 4.69. The number of carbonyl (C=O) groups excluding carboxylic acids is 3. The van der Waals surface area contributed by atoms with Gasteiger partial charge in [0, 0.05) is 20.6 Å². The van der Waals surface area contributed by atoms with Gasteiger partial charge in [-0.15, -0.1) is 0 Å². The van der Waals surface area contributed by atoms with Crippen molar-refractivity contribution in [2.75, 3.05) is 31.7 Å². The number of rotatable bonds is 6. The highest BCUT2D eigenvalue weighted by Gasteiger charge is 2.35. The van der Waals surface area contributed by atoms with E-state index in [2.05, 4.69) is 5.32 Å². The van der Waals surface area contributed by atoms with Crippen molar-refractivity contribution in [3.8, 4) is 5.75 Å². The van der Waals surface area contributed by atoms with Crippen LogP contribution in [-0.4, -0.2) is 56.8 Å². The molecule has 0 aliphatic carbocycles. The third-order valence-corrected chi connectivity index (χ3v) is 3.68. The number of hydrogen-bond donors (Lipinski definition) is 1. The van der Waals surface area contributed by atoms with E-state index in [1.54, 1.807) is 24.3 Å². The summed E-state index contributed by atoms with van der Waals surface area (Å²) in [5.41, 5.74) is 0.601. The fraction of sp³-hybridized carbons (Fsp3) is 0.471. The summed E-state index contributed by atoms with van der Waals surface area (Å²) in [4.78, 5) is 37.5. The zero-order valence-corrected chi connectivity index (χ0v) is 14.5. The number of nitrogens with one attached hydrogen (secondary N) is 1. The number of amides is 2. The van der Waals surface area contributed by atoms with Crippen molar-refractivity contribution in [1.82, 2.24) is 5.32 Å². The Morgan fingerprint density at radius 1 is 1.36 bits per heavy atom. The normalized spacial score (nSPS) is 17.1. The fourth-order valence-electron chi connectivity index (χ4n) is 2.38. The molecule has 1 aliphatic heterocycles. The monoisotopic (exact) mass is 350 g/mol. The highest BCUT2D eigenvalue weighted by molar-refractivity contribution is 5.95. The number of esters is 1. The molecule has 136 valence electrons. The smallest absolute Gasteiger partial charge is 0.350 e. The van der Waals surface area contributed by atoms with Crippen LogP contribution in [0.3, 0.4) is 0 Å². The molecule has 8 heteroatoms. The number of methoxy groups -OCH3 is 1. The highest BCUT2D eigenvalue weighted by atomic mass is 16.6. The SMILES string of the molecule is COCCNC(=O)[C@@H](C)OC(=O)[C@H]1CN(C(C)=O)c2ccccc2O1. The highest BCUT2D eigenvalue weighted by Crippen LogP contribution is 2.33. The molecule has 1 aromatic carbocycles. The molecular weight excluding hydrogens is 328 g/mol. The van der Waals surface area contributed by atoms with Gasteiger partial charge in [-0.25, -0.2) is 4.79 Å². The largest absolute Gasteiger partial charge is 0.475 e. The zero-order valence-electron chi connectivity index (χ0n) is 14.5. The van der Waals surface area contributed by atoms with Crippen molar-refractivity contribution >= 4 is 23.5 Å². The molecule has 1 aromatic rings. The second-order valence-corrected chi connectivity index (χ2v) is 5.57. The van der Waals surface area contributed by atoms with Gasteiger partial charge in [0.25, 0.3) is 5.91 Å². The summed E-state index contributed by atoms with van der Waals surface area (Å²) in [6.45, 7) is 3.60. The zero-order chi connectivity index (χ0) is 18.4. The molecule has 0 spiro atoms. The van der Waals surface area contributed by atoms with E-state index in [4.69, 9.17) is 14.2 Å². The first-order valence-corrected chi connectivity index (χ1v) is 7.95. The molecule has 0 fully saturated rings. The maximum absolute atomic E-state index is 12.3. The molecule has 0 saturated heterocycles. The molecule has 2 amide bonds. The van der Waals surface area contributed by atoms with Crippen LogP contribution in [0.2, 0.25) is 0 Å². The van der Waals surface area contributed by atoms with Crippen LogP contribution in [0.1, 0.15) is 13.8 Å². The average Bonchev–Trinajstić information content (AvgIpc) is 2.60. The van der Waals surface area contributed by atoms with Crippen molar-refractivity contribution in [2.24, 2.45) is 0 Å². The van der Waals surface area contributed by atoms with E-state index >= 15 is 0 Å². The van der Waals surface area contributed by atoms with Gasteiger partial charge in [0.1, 0.15) is 5.75 Å². The topological polar surface area (TPSA) is 94.2 Å². The Hall–Kier alpha value is -2.61.